The predicted octanol–water partition coefficient (Wildman–Crippen LogP) is 3.43. The van der Waals surface area contributed by atoms with Crippen LogP contribution in [0.4, 0.5) is 5.69 Å². The molecule has 0 aliphatic carbocycles. The third-order valence-electron chi connectivity index (χ3n) is 5.19. The Balaban J connectivity index is 1.53. The first-order chi connectivity index (χ1) is 14.3. The molecule has 0 saturated carbocycles. The maximum atomic E-state index is 12.1. The number of hydrogen-bond donors (Lipinski definition) is 1. The van der Waals surface area contributed by atoms with Gasteiger partial charge in [-0.25, -0.2) is 0 Å². The number of aromatic nitrogens is 3. The van der Waals surface area contributed by atoms with Crippen LogP contribution in [0.5, 0.6) is 0 Å². The van der Waals surface area contributed by atoms with Gasteiger partial charge in [-0.3, -0.25) is 9.79 Å². The van der Waals surface area contributed by atoms with E-state index in [1.807, 2.05) is 48.5 Å². The van der Waals surface area contributed by atoms with E-state index in [1.165, 1.54) is 0 Å². The van der Waals surface area contributed by atoms with Gasteiger partial charge in [0.25, 0.3) is 0 Å². The number of aliphatic imine (C=N–C) groups is 1. The highest BCUT2D eigenvalue weighted by molar-refractivity contribution is 6.19. The number of benzene rings is 2. The average Bonchev–Trinajstić information content (AvgIpc) is 3.20. The number of carbonyl (C=O) groups excluding carboxylic acids is 1. The Kier molecular flexibility index (Phi) is 4.65. The van der Waals surface area contributed by atoms with Crippen molar-refractivity contribution in [3.05, 3.63) is 65.9 Å². The van der Waals surface area contributed by atoms with Gasteiger partial charge >= 0.3 is 0 Å². The van der Waals surface area contributed by atoms with E-state index >= 15 is 0 Å². The Labute approximate surface area is 168 Å². The molecule has 0 radical (unpaired) electrons. The van der Waals surface area contributed by atoms with Crippen molar-refractivity contribution < 1.29 is 9.53 Å². The molecule has 0 spiro atoms. The van der Waals surface area contributed by atoms with Crippen LogP contribution >= 0.6 is 0 Å². The topological polar surface area (TPSA) is 81.4 Å². The van der Waals surface area contributed by atoms with E-state index in [4.69, 9.17) is 4.74 Å². The molecule has 1 N–H and O–H groups in total. The molecular weight excluding hydrogens is 366 g/mol. The molecule has 2 aliphatic rings. The molecule has 0 bridgehead atoms. The van der Waals surface area contributed by atoms with Gasteiger partial charge in [0.1, 0.15) is 12.2 Å². The lowest BCUT2D eigenvalue weighted by Crippen LogP contribution is -2.20. The van der Waals surface area contributed by atoms with Gasteiger partial charge in [0.15, 0.2) is 6.23 Å². The van der Waals surface area contributed by atoms with E-state index in [0.29, 0.717) is 0 Å². The number of rotatable bonds is 3. The molecule has 2 aromatic carbocycles. The fourth-order valence-corrected chi connectivity index (χ4v) is 3.73. The van der Waals surface area contributed by atoms with Gasteiger partial charge in [-0.2, -0.15) is 15.0 Å². The Morgan fingerprint density at radius 1 is 1.07 bits per heavy atom. The first-order valence-electron chi connectivity index (χ1n) is 9.86. The van der Waals surface area contributed by atoms with Crippen molar-refractivity contribution in [2.24, 2.45) is 4.99 Å². The quantitative estimate of drug-likeness (QED) is 0.746. The predicted molar refractivity (Wildman–Crippen MR) is 110 cm³/mol. The average molecular weight is 387 g/mol. The number of benzodiazepines with no additional fused rings is 1. The first-order valence-corrected chi connectivity index (χ1v) is 9.86. The van der Waals surface area contributed by atoms with Crippen LogP contribution in [0.15, 0.2) is 59.7 Å². The lowest BCUT2D eigenvalue weighted by Gasteiger charge is -2.21. The number of hydrogen-bond acceptors (Lipinski definition) is 5. The number of ether oxygens (including phenoxy) is 1. The monoisotopic (exact) mass is 387 g/mol. The van der Waals surface area contributed by atoms with Gasteiger partial charge in [-0.15, -0.1) is 0 Å². The third-order valence-corrected chi connectivity index (χ3v) is 5.19. The number of fused-ring (bicyclic) bond motifs is 1. The Morgan fingerprint density at radius 3 is 2.79 bits per heavy atom. The largest absolute Gasteiger partial charge is 0.355 e. The molecule has 3 aromatic rings. The fourth-order valence-electron chi connectivity index (χ4n) is 3.73. The van der Waals surface area contributed by atoms with E-state index in [-0.39, 0.29) is 18.7 Å². The van der Waals surface area contributed by atoms with Crippen LogP contribution in [0.1, 0.15) is 36.6 Å². The Morgan fingerprint density at radius 2 is 1.97 bits per heavy atom. The third kappa shape index (κ3) is 3.56. The van der Waals surface area contributed by atoms with E-state index in [2.05, 4.69) is 20.5 Å². The minimum Gasteiger partial charge on any atom is -0.355 e. The molecule has 29 heavy (non-hydrogen) atoms. The first kappa shape index (κ1) is 17.8. The van der Waals surface area contributed by atoms with E-state index in [0.717, 1.165) is 59.7 Å². The molecule has 146 valence electrons. The summed E-state index contributed by atoms with van der Waals surface area (Å²) in [6.45, 7) is 0.848. The SMILES string of the molecule is O=C1CN=C(c2ccccc2)c2cc(-c3cnn(C4CCCCO4)n3)ccc2N1. The van der Waals surface area contributed by atoms with Gasteiger partial charge in [-0.1, -0.05) is 36.4 Å². The van der Waals surface area contributed by atoms with Gasteiger partial charge in [0.2, 0.25) is 5.91 Å². The highest BCUT2D eigenvalue weighted by Gasteiger charge is 2.21. The molecule has 2 aliphatic heterocycles. The van der Waals surface area contributed by atoms with Crippen molar-refractivity contribution in [1.82, 2.24) is 15.0 Å². The number of nitrogens with one attached hydrogen (secondary N) is 1. The molecule has 7 nitrogen and oxygen atoms in total. The van der Waals surface area contributed by atoms with Gasteiger partial charge in [0, 0.05) is 23.3 Å². The van der Waals surface area contributed by atoms with Crippen LogP contribution < -0.4 is 5.32 Å². The summed E-state index contributed by atoms with van der Waals surface area (Å²) < 4.78 is 5.78. The molecule has 1 aromatic heterocycles. The summed E-state index contributed by atoms with van der Waals surface area (Å²) in [5.74, 6) is -0.120. The second kappa shape index (κ2) is 7.60. The molecule has 1 saturated heterocycles. The Hall–Kier alpha value is -3.32. The second-order valence-electron chi connectivity index (χ2n) is 7.21. The number of anilines is 1. The molecular formula is C22H21N5O2. The summed E-state index contributed by atoms with van der Waals surface area (Å²) in [5, 5.41) is 12.0. The maximum absolute atomic E-state index is 12.1. The standard InChI is InChI=1S/C22H21N5O2/c28-20-14-23-22(15-6-2-1-3-7-15)17-12-16(9-10-18(17)25-20)19-13-24-27(26-19)21-8-4-5-11-29-21/h1-3,6-7,9-10,12-13,21H,4-5,8,11,14H2,(H,25,28). The number of carbonyl (C=O) groups is 1. The summed E-state index contributed by atoms with van der Waals surface area (Å²) in [7, 11) is 0. The zero-order valence-corrected chi connectivity index (χ0v) is 15.9. The van der Waals surface area contributed by atoms with Crippen LogP contribution in [-0.2, 0) is 9.53 Å². The van der Waals surface area contributed by atoms with Crippen molar-refractivity contribution >= 4 is 17.3 Å². The molecule has 1 fully saturated rings. The summed E-state index contributed by atoms with van der Waals surface area (Å²) in [5.41, 5.74) is 5.09. The minimum absolute atomic E-state index is 0.0981. The zero-order chi connectivity index (χ0) is 19.6. The van der Waals surface area contributed by atoms with Crippen LogP contribution in [0.2, 0.25) is 0 Å². The van der Waals surface area contributed by atoms with Crippen LogP contribution in [0.3, 0.4) is 0 Å². The van der Waals surface area contributed by atoms with Gasteiger partial charge in [-0.05, 0) is 31.4 Å². The smallest absolute Gasteiger partial charge is 0.246 e. The van der Waals surface area contributed by atoms with E-state index in [9.17, 15) is 4.79 Å². The van der Waals surface area contributed by atoms with Gasteiger partial charge in [0.05, 0.1) is 17.6 Å². The molecule has 5 rings (SSSR count). The van der Waals surface area contributed by atoms with E-state index in [1.54, 1.807) is 11.0 Å². The fraction of sp³-hybridized carbons (Fsp3) is 0.273. The maximum Gasteiger partial charge on any atom is 0.246 e. The summed E-state index contributed by atoms with van der Waals surface area (Å²) in [6.07, 6.45) is 4.79. The molecule has 1 amide bonds. The molecule has 1 unspecified atom stereocenters. The van der Waals surface area contributed by atoms with Gasteiger partial charge < -0.3 is 10.1 Å². The number of nitrogens with zero attached hydrogens (tertiary/aromatic N) is 4. The van der Waals surface area contributed by atoms with Crippen molar-refractivity contribution in [2.75, 3.05) is 18.5 Å². The Bertz CT molecular complexity index is 1070. The summed E-state index contributed by atoms with van der Waals surface area (Å²) in [6, 6.07) is 15.8. The van der Waals surface area contributed by atoms with Crippen molar-refractivity contribution in [2.45, 2.75) is 25.5 Å². The lowest BCUT2D eigenvalue weighted by molar-refractivity contribution is -0.114. The van der Waals surface area contributed by atoms with Crippen LogP contribution in [-0.4, -0.2) is 39.8 Å². The normalized spacial score (nSPS) is 19.1. The summed E-state index contributed by atoms with van der Waals surface area (Å²) in [4.78, 5) is 18.3. The van der Waals surface area contributed by atoms with E-state index < -0.39 is 0 Å². The number of amides is 1. The molecule has 7 heteroatoms. The van der Waals surface area contributed by atoms with Crippen molar-refractivity contribution in [3.8, 4) is 11.3 Å². The van der Waals surface area contributed by atoms with Crippen LogP contribution in [0.25, 0.3) is 11.3 Å². The van der Waals surface area contributed by atoms with Crippen molar-refractivity contribution in [3.63, 3.8) is 0 Å². The van der Waals surface area contributed by atoms with Crippen LogP contribution in [0, 0.1) is 0 Å². The van der Waals surface area contributed by atoms with Crippen molar-refractivity contribution in [1.29, 1.82) is 0 Å². The lowest BCUT2D eigenvalue weighted by atomic mass is 9.98. The highest BCUT2D eigenvalue weighted by atomic mass is 16.5. The molecule has 1 atom stereocenters. The second-order valence-corrected chi connectivity index (χ2v) is 7.21. The summed E-state index contributed by atoms with van der Waals surface area (Å²) >= 11 is 0. The molecule has 3 heterocycles. The zero-order valence-electron chi connectivity index (χ0n) is 15.9. The highest BCUT2D eigenvalue weighted by Crippen LogP contribution is 2.29. The minimum atomic E-state index is -0.120.